The van der Waals surface area contributed by atoms with E-state index in [4.69, 9.17) is 4.74 Å². The van der Waals surface area contributed by atoms with Gasteiger partial charge in [-0.05, 0) is 38.9 Å². The van der Waals surface area contributed by atoms with Crippen LogP contribution >= 0.6 is 0 Å². The maximum absolute atomic E-state index is 15.2. The minimum absolute atomic E-state index is 0.0373. The minimum atomic E-state index is -0.656. The second-order valence-electron chi connectivity index (χ2n) is 8.85. The van der Waals surface area contributed by atoms with Gasteiger partial charge in [0.2, 0.25) is 5.43 Å². The Kier molecular flexibility index (Phi) is 5.12. The van der Waals surface area contributed by atoms with Gasteiger partial charge in [-0.1, -0.05) is 12.8 Å². The number of esters is 1. The van der Waals surface area contributed by atoms with Crippen molar-refractivity contribution in [2.24, 2.45) is 0 Å². The molecule has 5 rings (SSSR count). The Morgan fingerprint density at radius 1 is 1.13 bits per heavy atom. The number of hydrogen-bond acceptors (Lipinski definition) is 6. The molecule has 0 radical (unpaired) electrons. The van der Waals surface area contributed by atoms with Crippen LogP contribution < -0.4 is 15.3 Å². The molecule has 1 saturated carbocycles. The summed E-state index contributed by atoms with van der Waals surface area (Å²) in [6, 6.07) is 3.91. The molecule has 3 aliphatic rings. The van der Waals surface area contributed by atoms with E-state index in [1.165, 1.54) is 18.9 Å². The normalized spacial score (nSPS) is 23.7. The van der Waals surface area contributed by atoms with Gasteiger partial charge in [-0.15, -0.1) is 0 Å². The Bertz CT molecular complexity index is 1060. The number of benzene rings is 1. The molecule has 2 saturated heterocycles. The van der Waals surface area contributed by atoms with E-state index in [1.807, 2.05) is 9.58 Å². The van der Waals surface area contributed by atoms with Crippen molar-refractivity contribution in [2.75, 3.05) is 49.7 Å². The predicted molar refractivity (Wildman–Crippen MR) is 118 cm³/mol. The quantitative estimate of drug-likeness (QED) is 0.550. The van der Waals surface area contributed by atoms with Crippen LogP contribution in [0.25, 0.3) is 10.9 Å². The molecule has 2 unspecified atom stereocenters. The number of piperazine rings is 1. The number of rotatable bonds is 4. The maximum Gasteiger partial charge on any atom is 0.343 e. The molecular weight excluding hydrogens is 399 g/mol. The van der Waals surface area contributed by atoms with E-state index in [9.17, 15) is 9.59 Å². The number of carbonyl (C=O) groups excluding carboxylic acids is 1. The molecule has 2 aromatic rings. The Morgan fingerprint density at radius 3 is 2.45 bits per heavy atom. The average Bonchev–Trinajstić information content (AvgIpc) is 3.49. The van der Waals surface area contributed by atoms with E-state index < -0.39 is 17.2 Å². The first-order chi connectivity index (χ1) is 15.0. The number of likely N-dealkylation sites (N-methyl/N-ethyl adjacent to an activating group) is 1. The molecule has 0 bridgehead atoms. The maximum atomic E-state index is 15.2. The lowest BCUT2D eigenvalue weighted by molar-refractivity contribution is 0.0524. The van der Waals surface area contributed by atoms with Crippen LogP contribution in [0.2, 0.25) is 0 Å². The number of anilines is 1. The summed E-state index contributed by atoms with van der Waals surface area (Å²) < 4.78 is 22.2. The third kappa shape index (κ3) is 3.46. The number of aromatic nitrogens is 1. The molecule has 166 valence electrons. The van der Waals surface area contributed by atoms with Crippen molar-refractivity contribution in [3.8, 4) is 0 Å². The van der Waals surface area contributed by atoms with E-state index in [1.54, 1.807) is 19.2 Å². The zero-order chi connectivity index (χ0) is 21.7. The molecule has 3 fully saturated rings. The number of ether oxygens (including phenoxy) is 1. The summed E-state index contributed by atoms with van der Waals surface area (Å²) in [5, 5.41) is 2.47. The standard InChI is InChI=1S/C23H29FN4O3/c1-3-31-23(30)16-14-27(28-18-6-4-5-7-19(18)28)20-13-21(17(24)12-15(20)22(16)29)26-10-8-25(2)9-11-26/h12-14,18-19H,3-11H2,1-2H3. The highest BCUT2D eigenvalue weighted by molar-refractivity contribution is 5.95. The zero-order valence-electron chi connectivity index (χ0n) is 18.1. The van der Waals surface area contributed by atoms with Crippen molar-refractivity contribution >= 4 is 22.6 Å². The molecule has 0 spiro atoms. The van der Waals surface area contributed by atoms with Crippen LogP contribution in [0.1, 0.15) is 43.0 Å². The van der Waals surface area contributed by atoms with Gasteiger partial charge in [-0.25, -0.2) is 9.18 Å². The molecule has 3 heterocycles. The van der Waals surface area contributed by atoms with Gasteiger partial charge in [0.05, 0.1) is 35.3 Å². The first kappa shape index (κ1) is 20.3. The van der Waals surface area contributed by atoms with Crippen molar-refractivity contribution in [1.29, 1.82) is 0 Å². The number of pyridine rings is 1. The van der Waals surface area contributed by atoms with E-state index in [0.29, 0.717) is 23.3 Å². The van der Waals surface area contributed by atoms with Crippen LogP contribution in [0, 0.1) is 5.82 Å². The molecule has 2 aliphatic heterocycles. The van der Waals surface area contributed by atoms with Crippen molar-refractivity contribution in [1.82, 2.24) is 9.58 Å². The second-order valence-corrected chi connectivity index (χ2v) is 8.85. The van der Waals surface area contributed by atoms with Crippen LogP contribution in [-0.2, 0) is 4.74 Å². The molecule has 1 aromatic heterocycles. The van der Waals surface area contributed by atoms with Crippen LogP contribution in [0.5, 0.6) is 0 Å². The van der Waals surface area contributed by atoms with E-state index in [0.717, 1.165) is 39.0 Å². The zero-order valence-corrected chi connectivity index (χ0v) is 18.1. The van der Waals surface area contributed by atoms with Gasteiger partial charge in [0.25, 0.3) is 0 Å². The lowest BCUT2D eigenvalue weighted by Crippen LogP contribution is -2.44. The fourth-order valence-corrected chi connectivity index (χ4v) is 5.15. The largest absolute Gasteiger partial charge is 0.462 e. The summed E-state index contributed by atoms with van der Waals surface area (Å²) in [6.07, 6.45) is 6.16. The summed E-state index contributed by atoms with van der Waals surface area (Å²) in [7, 11) is 2.06. The van der Waals surface area contributed by atoms with Gasteiger partial charge in [-0.3, -0.25) is 9.47 Å². The molecule has 8 heteroatoms. The van der Waals surface area contributed by atoms with Crippen LogP contribution in [-0.4, -0.2) is 67.5 Å². The Morgan fingerprint density at radius 2 is 1.81 bits per heavy atom. The first-order valence-electron chi connectivity index (χ1n) is 11.3. The van der Waals surface area contributed by atoms with Crippen molar-refractivity contribution < 1.29 is 13.9 Å². The summed E-state index contributed by atoms with van der Waals surface area (Å²) in [5.74, 6) is -1.08. The summed E-state index contributed by atoms with van der Waals surface area (Å²) in [5.41, 5.74) is 0.660. The van der Waals surface area contributed by atoms with Gasteiger partial charge >= 0.3 is 5.97 Å². The highest BCUT2D eigenvalue weighted by atomic mass is 19.1. The van der Waals surface area contributed by atoms with Crippen molar-refractivity contribution in [3.63, 3.8) is 0 Å². The Balaban J connectivity index is 1.65. The molecule has 2 atom stereocenters. The van der Waals surface area contributed by atoms with Crippen molar-refractivity contribution in [2.45, 2.75) is 44.7 Å². The molecule has 31 heavy (non-hydrogen) atoms. The lowest BCUT2D eigenvalue weighted by Gasteiger charge is -2.34. The second kappa shape index (κ2) is 7.82. The molecule has 7 nitrogen and oxygen atoms in total. The van der Waals surface area contributed by atoms with Crippen LogP contribution in [0.4, 0.5) is 10.1 Å². The smallest absolute Gasteiger partial charge is 0.343 e. The third-order valence-corrected chi connectivity index (χ3v) is 6.92. The van der Waals surface area contributed by atoms with Gasteiger partial charge in [0.15, 0.2) is 0 Å². The highest BCUT2D eigenvalue weighted by Gasteiger charge is 2.49. The third-order valence-electron chi connectivity index (χ3n) is 6.92. The summed E-state index contributed by atoms with van der Waals surface area (Å²) in [6.45, 7) is 5.09. The van der Waals surface area contributed by atoms with Gasteiger partial charge < -0.3 is 19.5 Å². The Hall–Kier alpha value is -2.61. The lowest BCUT2D eigenvalue weighted by atomic mass is 10.0. The Labute approximate surface area is 180 Å². The number of halogens is 1. The number of carbonyl (C=O) groups is 1. The number of fused-ring (bicyclic) bond motifs is 2. The number of hydrogen-bond donors (Lipinski definition) is 0. The van der Waals surface area contributed by atoms with Crippen LogP contribution in [0.3, 0.4) is 0 Å². The topological polar surface area (TPSA) is 57.8 Å². The fourth-order valence-electron chi connectivity index (χ4n) is 5.15. The average molecular weight is 429 g/mol. The monoisotopic (exact) mass is 428 g/mol. The molecule has 0 N–H and O–H groups in total. The first-order valence-corrected chi connectivity index (χ1v) is 11.3. The van der Waals surface area contributed by atoms with Gasteiger partial charge in [0, 0.05) is 32.4 Å². The van der Waals surface area contributed by atoms with Gasteiger partial charge in [0.1, 0.15) is 11.4 Å². The van der Waals surface area contributed by atoms with E-state index in [2.05, 4.69) is 17.0 Å². The molecular formula is C23H29FN4O3. The summed E-state index contributed by atoms with van der Waals surface area (Å²) in [4.78, 5) is 29.9. The number of nitrogens with zero attached hydrogens (tertiary/aromatic N) is 4. The van der Waals surface area contributed by atoms with E-state index >= 15 is 4.39 Å². The van der Waals surface area contributed by atoms with E-state index in [-0.39, 0.29) is 17.6 Å². The summed E-state index contributed by atoms with van der Waals surface area (Å²) >= 11 is 0. The SMILES string of the molecule is CCOC(=O)c1cn(N2C3CCCCC32)c2cc(N3CCN(C)CC3)c(F)cc2c1=O. The van der Waals surface area contributed by atoms with Crippen molar-refractivity contribution in [3.05, 3.63) is 39.9 Å². The van der Waals surface area contributed by atoms with Gasteiger partial charge in [-0.2, -0.15) is 0 Å². The highest BCUT2D eigenvalue weighted by Crippen LogP contribution is 2.40. The molecule has 0 amide bonds. The molecule has 1 aliphatic carbocycles. The van der Waals surface area contributed by atoms with Crippen LogP contribution in [0.15, 0.2) is 23.1 Å². The fraction of sp³-hybridized carbons (Fsp3) is 0.565. The molecule has 1 aromatic carbocycles. The minimum Gasteiger partial charge on any atom is -0.462 e. The predicted octanol–water partition coefficient (Wildman–Crippen LogP) is 2.33.